The Labute approximate surface area is 87.2 Å². The molecule has 1 saturated carbocycles. The maximum atomic E-state index is 11.2. The van der Waals surface area contributed by atoms with E-state index in [0.717, 1.165) is 13.0 Å². The molecule has 1 N–H and O–H groups in total. The second kappa shape index (κ2) is 4.19. The summed E-state index contributed by atoms with van der Waals surface area (Å²) in [6, 6.07) is 0.604. The van der Waals surface area contributed by atoms with Crippen LogP contribution in [-0.4, -0.2) is 32.5 Å². The van der Waals surface area contributed by atoms with Gasteiger partial charge >= 0.3 is 0 Å². The van der Waals surface area contributed by atoms with Gasteiger partial charge in [-0.15, -0.1) is 0 Å². The van der Waals surface area contributed by atoms with Crippen LogP contribution < -0.4 is 5.32 Å². The lowest BCUT2D eigenvalue weighted by atomic mass is 10.2. The lowest BCUT2D eigenvalue weighted by Crippen LogP contribution is -2.24. The predicted octanol–water partition coefficient (Wildman–Crippen LogP) is 1.20. The van der Waals surface area contributed by atoms with E-state index >= 15 is 0 Å². The standard InChI is InChI=1S/C10H21NO2S/c1-4-14(12,13)7-5-6-11-9-8-10(9,2)3/h9,11H,4-8H2,1-3H3. The van der Waals surface area contributed by atoms with Gasteiger partial charge in [-0.1, -0.05) is 20.8 Å². The first-order valence-electron chi connectivity index (χ1n) is 5.31. The van der Waals surface area contributed by atoms with Crippen LogP contribution in [0, 0.1) is 5.41 Å². The van der Waals surface area contributed by atoms with Crippen LogP contribution >= 0.6 is 0 Å². The number of rotatable bonds is 6. The maximum Gasteiger partial charge on any atom is 0.150 e. The van der Waals surface area contributed by atoms with Crippen molar-refractivity contribution < 1.29 is 8.42 Å². The molecule has 0 bridgehead atoms. The smallest absolute Gasteiger partial charge is 0.150 e. The second-order valence-electron chi connectivity index (χ2n) is 4.79. The fraction of sp³-hybridized carbons (Fsp3) is 1.00. The average Bonchev–Trinajstić information content (AvgIpc) is 2.68. The van der Waals surface area contributed by atoms with Crippen molar-refractivity contribution in [3.63, 3.8) is 0 Å². The Balaban J connectivity index is 2.07. The van der Waals surface area contributed by atoms with E-state index in [1.165, 1.54) is 6.42 Å². The molecule has 1 aliphatic carbocycles. The van der Waals surface area contributed by atoms with Crippen LogP contribution in [-0.2, 0) is 9.84 Å². The van der Waals surface area contributed by atoms with Crippen LogP contribution in [0.2, 0.25) is 0 Å². The van der Waals surface area contributed by atoms with Crippen LogP contribution in [0.3, 0.4) is 0 Å². The van der Waals surface area contributed by atoms with Crippen LogP contribution in [0.25, 0.3) is 0 Å². The highest BCUT2D eigenvalue weighted by Gasteiger charge is 2.44. The Morgan fingerprint density at radius 1 is 1.43 bits per heavy atom. The zero-order chi connectivity index (χ0) is 10.8. The van der Waals surface area contributed by atoms with E-state index in [9.17, 15) is 8.42 Å². The first kappa shape index (κ1) is 12.0. The maximum absolute atomic E-state index is 11.2. The Hall–Kier alpha value is -0.0900. The fourth-order valence-corrected chi connectivity index (χ4v) is 2.40. The zero-order valence-electron chi connectivity index (χ0n) is 9.34. The van der Waals surface area contributed by atoms with Crippen molar-refractivity contribution in [2.24, 2.45) is 5.41 Å². The molecule has 4 heteroatoms. The van der Waals surface area contributed by atoms with Gasteiger partial charge in [-0.3, -0.25) is 0 Å². The van der Waals surface area contributed by atoms with E-state index in [-0.39, 0.29) is 5.75 Å². The predicted molar refractivity (Wildman–Crippen MR) is 59.1 cm³/mol. The molecular formula is C10H21NO2S. The third-order valence-electron chi connectivity index (χ3n) is 2.98. The molecule has 1 rings (SSSR count). The number of sulfone groups is 1. The Kier molecular flexibility index (Phi) is 3.58. The minimum absolute atomic E-state index is 0.266. The van der Waals surface area contributed by atoms with Gasteiger partial charge in [0.25, 0.3) is 0 Å². The largest absolute Gasteiger partial charge is 0.313 e. The van der Waals surface area contributed by atoms with Crippen molar-refractivity contribution in [3.05, 3.63) is 0 Å². The van der Waals surface area contributed by atoms with E-state index < -0.39 is 9.84 Å². The lowest BCUT2D eigenvalue weighted by molar-refractivity contribution is 0.538. The van der Waals surface area contributed by atoms with Crippen LogP contribution in [0.5, 0.6) is 0 Å². The lowest BCUT2D eigenvalue weighted by Gasteiger charge is -2.06. The molecule has 0 heterocycles. The topological polar surface area (TPSA) is 46.2 Å². The molecule has 3 nitrogen and oxygen atoms in total. The Bertz CT molecular complexity index is 282. The number of nitrogens with one attached hydrogen (secondary N) is 1. The third kappa shape index (κ3) is 3.58. The minimum atomic E-state index is -2.77. The van der Waals surface area contributed by atoms with Crippen LogP contribution in [0.1, 0.15) is 33.6 Å². The van der Waals surface area contributed by atoms with E-state index in [2.05, 4.69) is 19.2 Å². The van der Waals surface area contributed by atoms with Gasteiger partial charge in [0, 0.05) is 11.8 Å². The van der Waals surface area contributed by atoms with Crippen molar-refractivity contribution in [2.45, 2.75) is 39.7 Å². The van der Waals surface area contributed by atoms with Crippen molar-refractivity contribution in [2.75, 3.05) is 18.1 Å². The molecular weight excluding hydrogens is 198 g/mol. The average molecular weight is 219 g/mol. The fourth-order valence-electron chi connectivity index (χ4n) is 1.53. The highest BCUT2D eigenvalue weighted by Crippen LogP contribution is 2.44. The SMILES string of the molecule is CCS(=O)(=O)CCCNC1CC1(C)C. The molecule has 1 aliphatic rings. The molecule has 0 radical (unpaired) electrons. The van der Waals surface area contributed by atoms with Gasteiger partial charge in [-0.2, -0.15) is 0 Å². The van der Waals surface area contributed by atoms with Crippen molar-refractivity contribution in [3.8, 4) is 0 Å². The van der Waals surface area contributed by atoms with E-state index in [0.29, 0.717) is 17.2 Å². The Morgan fingerprint density at radius 2 is 2.00 bits per heavy atom. The molecule has 0 aromatic carbocycles. The summed E-state index contributed by atoms with van der Waals surface area (Å²) in [7, 11) is -2.77. The molecule has 1 atom stereocenters. The van der Waals surface area contributed by atoms with Crippen molar-refractivity contribution >= 4 is 9.84 Å². The molecule has 0 spiro atoms. The summed E-state index contributed by atoms with van der Waals surface area (Å²) in [5.41, 5.74) is 0.434. The molecule has 0 aliphatic heterocycles. The summed E-state index contributed by atoms with van der Waals surface area (Å²) >= 11 is 0. The molecule has 1 unspecified atom stereocenters. The van der Waals surface area contributed by atoms with Crippen LogP contribution in [0.4, 0.5) is 0 Å². The van der Waals surface area contributed by atoms with Gasteiger partial charge in [0.2, 0.25) is 0 Å². The Morgan fingerprint density at radius 3 is 2.43 bits per heavy atom. The summed E-state index contributed by atoms with van der Waals surface area (Å²) in [5, 5.41) is 3.38. The van der Waals surface area contributed by atoms with Gasteiger partial charge in [0.1, 0.15) is 9.84 Å². The van der Waals surface area contributed by atoms with Crippen LogP contribution in [0.15, 0.2) is 0 Å². The van der Waals surface area contributed by atoms with Crippen molar-refractivity contribution in [1.29, 1.82) is 0 Å². The monoisotopic (exact) mass is 219 g/mol. The van der Waals surface area contributed by atoms with E-state index in [1.807, 2.05) is 0 Å². The molecule has 0 saturated heterocycles. The van der Waals surface area contributed by atoms with Gasteiger partial charge in [0.05, 0.1) is 5.75 Å². The quantitative estimate of drug-likeness (QED) is 0.683. The number of hydrogen-bond acceptors (Lipinski definition) is 3. The minimum Gasteiger partial charge on any atom is -0.313 e. The van der Waals surface area contributed by atoms with Gasteiger partial charge in [0.15, 0.2) is 0 Å². The van der Waals surface area contributed by atoms with E-state index in [1.54, 1.807) is 6.92 Å². The molecule has 14 heavy (non-hydrogen) atoms. The van der Waals surface area contributed by atoms with Gasteiger partial charge in [-0.05, 0) is 24.8 Å². The highest BCUT2D eigenvalue weighted by molar-refractivity contribution is 7.91. The third-order valence-corrected chi connectivity index (χ3v) is 4.77. The van der Waals surface area contributed by atoms with Crippen molar-refractivity contribution in [1.82, 2.24) is 5.32 Å². The van der Waals surface area contributed by atoms with E-state index in [4.69, 9.17) is 0 Å². The normalized spacial score (nSPS) is 24.9. The zero-order valence-corrected chi connectivity index (χ0v) is 10.2. The molecule has 1 fully saturated rings. The summed E-state index contributed by atoms with van der Waals surface area (Å²) < 4.78 is 22.3. The molecule has 0 amide bonds. The number of hydrogen-bond donors (Lipinski definition) is 1. The molecule has 0 aromatic rings. The first-order valence-corrected chi connectivity index (χ1v) is 7.13. The van der Waals surface area contributed by atoms with Gasteiger partial charge < -0.3 is 5.32 Å². The second-order valence-corrected chi connectivity index (χ2v) is 7.26. The van der Waals surface area contributed by atoms with Gasteiger partial charge in [-0.25, -0.2) is 8.42 Å². The summed E-state index contributed by atoms with van der Waals surface area (Å²) in [6.45, 7) is 6.99. The summed E-state index contributed by atoms with van der Waals surface area (Å²) in [6.07, 6.45) is 1.95. The molecule has 84 valence electrons. The summed E-state index contributed by atoms with van der Waals surface area (Å²) in [4.78, 5) is 0. The highest BCUT2D eigenvalue weighted by atomic mass is 32.2. The molecule has 0 aromatic heterocycles. The first-order chi connectivity index (χ1) is 6.37. The summed E-state index contributed by atoms with van der Waals surface area (Å²) in [5.74, 6) is 0.589.